The summed E-state index contributed by atoms with van der Waals surface area (Å²) >= 11 is 1.34. The number of ether oxygens (including phenoxy) is 1. The molecular formula is C42H50N5O7PS. The maximum Gasteiger partial charge on any atom is 0.323 e. The maximum atomic E-state index is 14.4. The van der Waals surface area contributed by atoms with E-state index in [1.807, 2.05) is 66.2 Å². The summed E-state index contributed by atoms with van der Waals surface area (Å²) in [5.41, 5.74) is 1.84. The minimum absolute atomic E-state index is 0.000396. The zero-order valence-corrected chi connectivity index (χ0v) is 33.6. The van der Waals surface area contributed by atoms with Gasteiger partial charge in [0, 0.05) is 48.7 Å². The third kappa shape index (κ3) is 9.01. The molecule has 3 fully saturated rings. The SMILES string of the molecule is CCCOC(=O)[C@H](CC)NP(=O)(Cc1ccc2sc(C(=O)NCC3CCC[C@H]4CC[C@@H](C(=O)N5CC(c6cccnc6)C5)N4C3=O)cc2c1)Oc1ccccc1. The van der Waals surface area contributed by atoms with Gasteiger partial charge in [0.25, 0.3) is 5.91 Å². The van der Waals surface area contributed by atoms with Crippen LogP contribution in [0, 0.1) is 5.92 Å². The van der Waals surface area contributed by atoms with Gasteiger partial charge in [0.2, 0.25) is 11.8 Å². The van der Waals surface area contributed by atoms with Crippen LogP contribution in [-0.4, -0.2) is 82.8 Å². The van der Waals surface area contributed by atoms with Crippen LogP contribution >= 0.6 is 18.9 Å². The summed E-state index contributed by atoms with van der Waals surface area (Å²) in [6.07, 6.45) is 8.50. The van der Waals surface area contributed by atoms with Crippen LogP contribution in [0.4, 0.5) is 0 Å². The molecule has 0 saturated carbocycles. The highest BCUT2D eigenvalue weighted by molar-refractivity contribution is 7.56. The average Bonchev–Trinajstić information content (AvgIpc) is 3.78. The molecule has 0 spiro atoms. The van der Waals surface area contributed by atoms with E-state index in [4.69, 9.17) is 9.26 Å². The Morgan fingerprint density at radius 2 is 1.82 bits per heavy atom. The molecule has 2 aromatic heterocycles. The minimum Gasteiger partial charge on any atom is -0.465 e. The third-order valence-corrected chi connectivity index (χ3v) is 14.1. The highest BCUT2D eigenvalue weighted by Crippen LogP contribution is 2.48. The molecule has 0 bridgehead atoms. The highest BCUT2D eigenvalue weighted by atomic mass is 32.1. The highest BCUT2D eigenvalue weighted by Gasteiger charge is 2.47. The van der Waals surface area contributed by atoms with Crippen LogP contribution in [0.25, 0.3) is 10.1 Å². The Bertz CT molecular complexity index is 2080. The van der Waals surface area contributed by atoms with Gasteiger partial charge in [0.1, 0.15) is 17.8 Å². The van der Waals surface area contributed by atoms with E-state index >= 15 is 0 Å². The lowest BCUT2D eigenvalue weighted by atomic mass is 9.91. The number of pyridine rings is 1. The lowest BCUT2D eigenvalue weighted by Crippen LogP contribution is -2.57. The first-order chi connectivity index (χ1) is 27.1. The number of hydrogen-bond donors (Lipinski definition) is 2. The van der Waals surface area contributed by atoms with Crippen LogP contribution in [0.5, 0.6) is 5.75 Å². The Morgan fingerprint density at radius 1 is 1.00 bits per heavy atom. The molecule has 14 heteroatoms. The molecule has 7 rings (SSSR count). The van der Waals surface area contributed by atoms with E-state index in [2.05, 4.69) is 15.4 Å². The van der Waals surface area contributed by atoms with Gasteiger partial charge in [-0.1, -0.05) is 50.6 Å². The molecule has 5 atom stereocenters. The number of carbonyl (C=O) groups is 4. The third-order valence-electron chi connectivity index (χ3n) is 11.0. The number of hydrogen-bond acceptors (Lipinski definition) is 9. The molecule has 296 valence electrons. The van der Waals surface area contributed by atoms with E-state index in [1.54, 1.807) is 36.5 Å². The molecule has 2 N–H and O–H groups in total. The normalized spacial score (nSPS) is 21.4. The first-order valence-corrected chi connectivity index (χ1v) is 22.4. The Hall–Kier alpha value is -4.58. The van der Waals surface area contributed by atoms with Crippen LogP contribution in [0.1, 0.15) is 85.5 Å². The van der Waals surface area contributed by atoms with Crippen LogP contribution in [-0.2, 0) is 29.8 Å². The van der Waals surface area contributed by atoms with Crippen LogP contribution in [0.15, 0.2) is 79.1 Å². The van der Waals surface area contributed by atoms with Gasteiger partial charge in [-0.25, -0.2) is 5.09 Å². The van der Waals surface area contributed by atoms with Crippen molar-refractivity contribution in [2.24, 2.45) is 5.92 Å². The van der Waals surface area contributed by atoms with Crippen LogP contribution < -0.4 is 14.9 Å². The molecular weight excluding hydrogens is 750 g/mol. The standard InChI is InChI=1S/C42H50N5O7PS/c1-3-20-53-42(51)35(4-2)45-55(52,54-34-13-6-5-7-14-34)27-28-15-18-37-31(21-28)22-38(56-37)39(48)44-24-30-10-8-12-33-16-17-36(47(33)40(30)49)41(50)46-25-32(26-46)29-11-9-19-43-23-29/h5-7,9,11,13-15,18-19,21-23,30,32-33,35-36H,3-4,8,10,12,16-17,20,24-27H2,1-2H3,(H,44,48)(H,45,52)/t30?,33-,35-,36-,55?/m0/s1. The quantitative estimate of drug-likeness (QED) is 0.0968. The second-order valence-electron chi connectivity index (χ2n) is 15.0. The molecule has 2 aromatic carbocycles. The number of aromatic nitrogens is 1. The number of nitrogens with one attached hydrogen (secondary N) is 2. The number of para-hydroxylation sites is 1. The first-order valence-electron chi connectivity index (χ1n) is 19.7. The fourth-order valence-corrected chi connectivity index (χ4v) is 11.1. The van der Waals surface area contributed by atoms with E-state index in [0.717, 1.165) is 34.9 Å². The summed E-state index contributed by atoms with van der Waals surface area (Å²) < 4.78 is 26.7. The fraction of sp³-hybridized carbons (Fsp3) is 0.452. The summed E-state index contributed by atoms with van der Waals surface area (Å²) in [4.78, 5) is 62.4. The summed E-state index contributed by atoms with van der Waals surface area (Å²) in [5, 5.41) is 6.82. The van der Waals surface area contributed by atoms with Gasteiger partial charge >= 0.3 is 13.5 Å². The fourth-order valence-electron chi connectivity index (χ4n) is 8.02. The number of nitrogens with zero attached hydrogens (tertiary/aromatic N) is 3. The van der Waals surface area contributed by atoms with E-state index in [9.17, 15) is 23.7 Å². The second-order valence-corrected chi connectivity index (χ2v) is 18.2. The molecule has 12 nitrogen and oxygen atoms in total. The minimum atomic E-state index is -3.68. The number of benzene rings is 2. The summed E-state index contributed by atoms with van der Waals surface area (Å²) in [6, 6.07) is 19.0. The van der Waals surface area contributed by atoms with E-state index in [-0.39, 0.29) is 49.0 Å². The van der Waals surface area contributed by atoms with Gasteiger partial charge in [0.15, 0.2) is 0 Å². The predicted molar refractivity (Wildman–Crippen MR) is 216 cm³/mol. The molecule has 56 heavy (non-hydrogen) atoms. The first kappa shape index (κ1) is 39.6. The maximum absolute atomic E-state index is 14.4. The van der Waals surface area contributed by atoms with E-state index in [1.165, 1.54) is 11.3 Å². The zero-order valence-electron chi connectivity index (χ0n) is 31.9. The Kier molecular flexibility index (Phi) is 12.5. The lowest BCUT2D eigenvalue weighted by molar-refractivity contribution is -0.149. The Balaban J connectivity index is 0.992. The van der Waals surface area contributed by atoms with Crippen LogP contribution in [0.2, 0.25) is 0 Å². The van der Waals surface area contributed by atoms with Crippen molar-refractivity contribution in [3.8, 4) is 5.75 Å². The number of rotatable bonds is 15. The smallest absolute Gasteiger partial charge is 0.323 e. The molecule has 3 aliphatic heterocycles. The van der Waals surface area contributed by atoms with Gasteiger partial charge in [-0.15, -0.1) is 11.3 Å². The van der Waals surface area contributed by atoms with Crippen LogP contribution in [0.3, 0.4) is 0 Å². The zero-order chi connectivity index (χ0) is 39.2. The van der Waals surface area contributed by atoms with Crippen molar-refractivity contribution >= 4 is 52.6 Å². The van der Waals surface area contributed by atoms with Crippen molar-refractivity contribution in [1.82, 2.24) is 25.2 Å². The number of likely N-dealkylation sites (tertiary alicyclic amines) is 1. The summed E-state index contributed by atoms with van der Waals surface area (Å²) in [7, 11) is -3.68. The molecule has 2 unspecified atom stereocenters. The monoisotopic (exact) mass is 799 g/mol. The number of amides is 3. The van der Waals surface area contributed by atoms with Gasteiger partial charge in [0.05, 0.1) is 23.6 Å². The molecule has 3 saturated heterocycles. The summed E-state index contributed by atoms with van der Waals surface area (Å²) in [6.45, 7) is 5.47. The largest absolute Gasteiger partial charge is 0.465 e. The van der Waals surface area contributed by atoms with E-state index < -0.39 is 31.5 Å². The number of esters is 1. The van der Waals surface area contributed by atoms with Crippen molar-refractivity contribution in [3.63, 3.8) is 0 Å². The number of fused-ring (bicyclic) bond motifs is 2. The molecule has 5 heterocycles. The van der Waals surface area contributed by atoms with Gasteiger partial charge in [-0.2, -0.15) is 0 Å². The van der Waals surface area contributed by atoms with Crippen molar-refractivity contribution in [2.75, 3.05) is 26.2 Å². The Morgan fingerprint density at radius 3 is 2.57 bits per heavy atom. The Labute approximate surface area is 331 Å². The number of carbonyl (C=O) groups excluding carboxylic acids is 4. The van der Waals surface area contributed by atoms with Gasteiger partial charge in [-0.05, 0) is 91.4 Å². The predicted octanol–water partition coefficient (Wildman–Crippen LogP) is 6.91. The van der Waals surface area contributed by atoms with Crippen molar-refractivity contribution in [3.05, 3.63) is 95.1 Å². The molecule has 4 aromatic rings. The van der Waals surface area contributed by atoms with Crippen molar-refractivity contribution < 1.29 is 33.0 Å². The number of thiophene rings is 1. The topological polar surface area (TPSA) is 147 Å². The van der Waals surface area contributed by atoms with Crippen molar-refractivity contribution in [1.29, 1.82) is 0 Å². The lowest BCUT2D eigenvalue weighted by Gasteiger charge is -2.42. The van der Waals surface area contributed by atoms with Gasteiger partial charge in [-0.3, -0.25) is 28.7 Å². The second kappa shape index (κ2) is 17.7. The molecule has 3 aliphatic rings. The molecule has 3 amide bonds. The summed E-state index contributed by atoms with van der Waals surface area (Å²) in [5.74, 6) is -0.500. The van der Waals surface area contributed by atoms with Gasteiger partial charge < -0.3 is 24.4 Å². The average molecular weight is 800 g/mol. The molecule has 0 radical (unpaired) electrons. The van der Waals surface area contributed by atoms with E-state index in [0.29, 0.717) is 55.0 Å². The van der Waals surface area contributed by atoms with Crippen molar-refractivity contribution in [2.45, 2.75) is 89.0 Å². The molecule has 0 aliphatic carbocycles.